The van der Waals surface area contributed by atoms with Gasteiger partial charge in [-0.2, -0.15) is 0 Å². The summed E-state index contributed by atoms with van der Waals surface area (Å²) >= 11 is 0. The van der Waals surface area contributed by atoms with Crippen molar-refractivity contribution in [1.29, 1.82) is 0 Å². The van der Waals surface area contributed by atoms with E-state index in [1.165, 1.54) is 5.70 Å². The van der Waals surface area contributed by atoms with Gasteiger partial charge in [0, 0.05) is 37.9 Å². The molecule has 1 atom stereocenters. The van der Waals surface area contributed by atoms with Crippen LogP contribution in [-0.4, -0.2) is 34.8 Å². The number of aryl methyl sites for hydroxylation is 1. The summed E-state index contributed by atoms with van der Waals surface area (Å²) in [5.74, 6) is 0. The third kappa shape index (κ3) is 2.75. The van der Waals surface area contributed by atoms with Crippen LogP contribution in [0.25, 0.3) is 16.7 Å². The van der Waals surface area contributed by atoms with Gasteiger partial charge in [0.15, 0.2) is 0 Å². The predicted octanol–water partition coefficient (Wildman–Crippen LogP) is 1.78. The maximum absolute atomic E-state index is 13.0. The lowest BCUT2D eigenvalue weighted by Crippen LogP contribution is -2.48. The maximum Gasteiger partial charge on any atom is 0.333 e. The number of aromatic nitrogens is 2. The highest BCUT2D eigenvalue weighted by Crippen LogP contribution is 2.25. The summed E-state index contributed by atoms with van der Waals surface area (Å²) < 4.78 is 3.87. The van der Waals surface area contributed by atoms with Gasteiger partial charge in [0.2, 0.25) is 0 Å². The molecule has 0 spiro atoms. The van der Waals surface area contributed by atoms with E-state index in [4.69, 9.17) is 0 Å². The van der Waals surface area contributed by atoms with Crippen LogP contribution in [0.1, 0.15) is 25.7 Å². The van der Waals surface area contributed by atoms with Gasteiger partial charge >= 0.3 is 5.69 Å². The molecule has 1 aromatic carbocycles. The Labute approximate surface area is 136 Å². The number of piperazine rings is 1. The fraction of sp³-hybridized carbons (Fsp3) is 0.500. The Kier molecular flexibility index (Phi) is 4.06. The van der Waals surface area contributed by atoms with Crippen LogP contribution < -0.4 is 16.3 Å². The zero-order valence-corrected chi connectivity index (χ0v) is 13.4. The van der Waals surface area contributed by atoms with Gasteiger partial charge in [0.1, 0.15) is 0 Å². The van der Waals surface area contributed by atoms with E-state index in [9.17, 15) is 4.79 Å². The number of imidazole rings is 1. The summed E-state index contributed by atoms with van der Waals surface area (Å²) in [5, 5.41) is 6.93. The monoisotopic (exact) mass is 312 g/mol. The minimum atomic E-state index is 0.114. The molecule has 2 heterocycles. The van der Waals surface area contributed by atoms with Gasteiger partial charge in [0.25, 0.3) is 0 Å². The Bertz CT molecular complexity index is 780. The van der Waals surface area contributed by atoms with Gasteiger partial charge < -0.3 is 10.6 Å². The van der Waals surface area contributed by atoms with Crippen molar-refractivity contribution in [2.45, 2.75) is 38.3 Å². The molecule has 1 saturated heterocycles. The SMILES string of the molecule is O=c1n(CC[C@@H]2CNCCN2)c2ccccc2n1C1=CCCC1. The topological polar surface area (TPSA) is 51.0 Å². The van der Waals surface area contributed by atoms with Crippen LogP contribution in [0, 0.1) is 0 Å². The molecule has 23 heavy (non-hydrogen) atoms. The number of hydrogen-bond donors (Lipinski definition) is 2. The molecular formula is C18H24N4O. The van der Waals surface area contributed by atoms with E-state index in [2.05, 4.69) is 28.8 Å². The Morgan fingerprint density at radius 3 is 2.78 bits per heavy atom. The summed E-state index contributed by atoms with van der Waals surface area (Å²) in [4.78, 5) is 13.0. The molecule has 1 aliphatic carbocycles. The van der Waals surface area contributed by atoms with Crippen LogP contribution >= 0.6 is 0 Å². The molecule has 2 aliphatic rings. The van der Waals surface area contributed by atoms with Crippen molar-refractivity contribution in [3.63, 3.8) is 0 Å². The van der Waals surface area contributed by atoms with Crippen LogP contribution in [0.15, 0.2) is 35.1 Å². The van der Waals surface area contributed by atoms with Gasteiger partial charge in [-0.3, -0.25) is 9.13 Å². The maximum atomic E-state index is 13.0. The molecule has 0 bridgehead atoms. The van der Waals surface area contributed by atoms with Crippen LogP contribution in [-0.2, 0) is 6.54 Å². The second-order valence-electron chi connectivity index (χ2n) is 6.49. The van der Waals surface area contributed by atoms with Crippen LogP contribution in [0.3, 0.4) is 0 Å². The molecular weight excluding hydrogens is 288 g/mol. The van der Waals surface area contributed by atoms with Crippen molar-refractivity contribution in [3.8, 4) is 0 Å². The summed E-state index contributed by atoms with van der Waals surface area (Å²) in [6, 6.07) is 8.61. The smallest absolute Gasteiger partial charge is 0.314 e. The normalized spacial score (nSPS) is 21.7. The summed E-state index contributed by atoms with van der Waals surface area (Å²) in [7, 11) is 0. The molecule has 1 fully saturated rings. The Hall–Kier alpha value is -1.85. The number of nitrogens with zero attached hydrogens (tertiary/aromatic N) is 2. The van der Waals surface area contributed by atoms with Crippen molar-refractivity contribution in [1.82, 2.24) is 19.8 Å². The number of para-hydroxylation sites is 2. The first-order chi connectivity index (χ1) is 11.3. The molecule has 5 nitrogen and oxygen atoms in total. The lowest BCUT2D eigenvalue weighted by atomic mass is 10.1. The molecule has 0 unspecified atom stereocenters. The highest BCUT2D eigenvalue weighted by atomic mass is 16.1. The highest BCUT2D eigenvalue weighted by Gasteiger charge is 2.19. The molecule has 0 radical (unpaired) electrons. The summed E-state index contributed by atoms with van der Waals surface area (Å²) in [6.07, 6.45) is 6.42. The van der Waals surface area contributed by atoms with Gasteiger partial charge in [0.05, 0.1) is 11.0 Å². The van der Waals surface area contributed by atoms with E-state index in [1.807, 2.05) is 21.3 Å². The number of allylic oxidation sites excluding steroid dienone is 2. The number of benzene rings is 1. The van der Waals surface area contributed by atoms with E-state index in [-0.39, 0.29) is 5.69 Å². The van der Waals surface area contributed by atoms with Crippen LogP contribution in [0.4, 0.5) is 0 Å². The molecule has 1 aromatic heterocycles. The second-order valence-corrected chi connectivity index (χ2v) is 6.49. The Balaban J connectivity index is 1.68. The third-order valence-corrected chi connectivity index (χ3v) is 4.97. The van der Waals surface area contributed by atoms with Crippen molar-refractivity contribution in [2.75, 3.05) is 19.6 Å². The predicted molar refractivity (Wildman–Crippen MR) is 93.6 cm³/mol. The van der Waals surface area contributed by atoms with E-state index >= 15 is 0 Å². The number of fused-ring (bicyclic) bond motifs is 1. The summed E-state index contributed by atoms with van der Waals surface area (Å²) in [5.41, 5.74) is 3.37. The minimum absolute atomic E-state index is 0.114. The first-order valence-electron chi connectivity index (χ1n) is 8.68. The largest absolute Gasteiger partial charge is 0.333 e. The zero-order valence-electron chi connectivity index (χ0n) is 13.4. The van der Waals surface area contributed by atoms with Crippen molar-refractivity contribution >= 4 is 16.7 Å². The second kappa shape index (κ2) is 6.34. The van der Waals surface area contributed by atoms with Crippen molar-refractivity contribution < 1.29 is 0 Å². The average Bonchev–Trinajstić information content (AvgIpc) is 3.20. The molecule has 4 rings (SSSR count). The lowest BCUT2D eigenvalue weighted by molar-refractivity contribution is 0.382. The van der Waals surface area contributed by atoms with Gasteiger partial charge in [-0.15, -0.1) is 0 Å². The fourth-order valence-corrected chi connectivity index (χ4v) is 3.76. The van der Waals surface area contributed by atoms with Gasteiger partial charge in [-0.25, -0.2) is 4.79 Å². The van der Waals surface area contributed by atoms with E-state index in [0.29, 0.717) is 6.04 Å². The first kappa shape index (κ1) is 14.7. The third-order valence-electron chi connectivity index (χ3n) is 4.97. The minimum Gasteiger partial charge on any atom is -0.314 e. The molecule has 0 saturated carbocycles. The van der Waals surface area contributed by atoms with Crippen molar-refractivity contribution in [2.24, 2.45) is 0 Å². The van der Waals surface area contributed by atoms with Crippen LogP contribution in [0.2, 0.25) is 0 Å². The molecule has 2 aromatic rings. The quantitative estimate of drug-likeness (QED) is 0.905. The molecule has 0 amide bonds. The average molecular weight is 312 g/mol. The molecule has 1 aliphatic heterocycles. The van der Waals surface area contributed by atoms with E-state index in [1.54, 1.807) is 0 Å². The van der Waals surface area contributed by atoms with E-state index in [0.717, 1.165) is 62.9 Å². The molecule has 122 valence electrons. The van der Waals surface area contributed by atoms with E-state index < -0.39 is 0 Å². The van der Waals surface area contributed by atoms with Crippen molar-refractivity contribution in [3.05, 3.63) is 40.8 Å². The summed E-state index contributed by atoms with van der Waals surface area (Å²) in [6.45, 7) is 3.79. The van der Waals surface area contributed by atoms with Gasteiger partial charge in [-0.05, 0) is 37.8 Å². The Morgan fingerprint density at radius 1 is 1.17 bits per heavy atom. The van der Waals surface area contributed by atoms with Gasteiger partial charge in [-0.1, -0.05) is 18.2 Å². The molecule has 5 heteroatoms. The fourth-order valence-electron chi connectivity index (χ4n) is 3.76. The zero-order chi connectivity index (χ0) is 15.6. The Morgan fingerprint density at radius 2 is 2.04 bits per heavy atom. The van der Waals surface area contributed by atoms with Crippen LogP contribution in [0.5, 0.6) is 0 Å². The standard InChI is InChI=1S/C18H24N4O/c23-18-21(12-9-14-13-19-10-11-20-14)16-7-3-4-8-17(16)22(18)15-5-1-2-6-15/h3-5,7-8,14,19-20H,1-2,6,9-13H2/t14-/m1/s1. The molecule has 2 N–H and O–H groups in total. The number of rotatable bonds is 4. The number of hydrogen-bond acceptors (Lipinski definition) is 3. The highest BCUT2D eigenvalue weighted by molar-refractivity contribution is 5.80. The number of nitrogens with one attached hydrogen (secondary N) is 2. The first-order valence-corrected chi connectivity index (χ1v) is 8.68. The lowest BCUT2D eigenvalue weighted by Gasteiger charge is -2.24.